The lowest BCUT2D eigenvalue weighted by Crippen LogP contribution is -2.38. The molecule has 0 aromatic carbocycles. The van der Waals surface area contributed by atoms with Gasteiger partial charge in [-0.05, 0) is 39.5 Å². The fourth-order valence-corrected chi connectivity index (χ4v) is 1.59. The second-order valence-corrected chi connectivity index (χ2v) is 5.36. The van der Waals surface area contributed by atoms with Crippen molar-refractivity contribution in [3.05, 3.63) is 0 Å². The van der Waals surface area contributed by atoms with Crippen LogP contribution in [0.3, 0.4) is 0 Å². The monoisotopic (exact) mass is 224 g/mol. The van der Waals surface area contributed by atoms with Crippen LogP contribution in [0.5, 0.6) is 0 Å². The van der Waals surface area contributed by atoms with Crippen molar-refractivity contribution in [1.29, 1.82) is 5.26 Å². The summed E-state index contributed by atoms with van der Waals surface area (Å²) in [7, 11) is 0. The lowest BCUT2D eigenvalue weighted by Gasteiger charge is -2.31. The molecule has 1 rings (SSSR count). The van der Waals surface area contributed by atoms with Crippen LogP contribution in [0.1, 0.15) is 40.0 Å². The van der Waals surface area contributed by atoms with Crippen molar-refractivity contribution in [3.63, 3.8) is 0 Å². The maximum Gasteiger partial charge on any atom is 0.330 e. The molecule has 1 aliphatic heterocycles. The van der Waals surface area contributed by atoms with Gasteiger partial charge in [0.2, 0.25) is 0 Å². The number of nitriles is 1. The molecule has 16 heavy (non-hydrogen) atoms. The van der Waals surface area contributed by atoms with E-state index in [0.717, 1.165) is 25.9 Å². The van der Waals surface area contributed by atoms with E-state index >= 15 is 0 Å². The van der Waals surface area contributed by atoms with E-state index in [-0.39, 0.29) is 5.97 Å². The highest BCUT2D eigenvalue weighted by atomic mass is 16.7. The van der Waals surface area contributed by atoms with Gasteiger partial charge in [-0.2, -0.15) is 5.26 Å². The summed E-state index contributed by atoms with van der Waals surface area (Å²) in [5.74, 6) is 0.279. The molecule has 1 heterocycles. The summed E-state index contributed by atoms with van der Waals surface area (Å²) >= 11 is 0. The van der Waals surface area contributed by atoms with Gasteiger partial charge in [0.25, 0.3) is 0 Å². The van der Waals surface area contributed by atoms with Crippen molar-refractivity contribution in [2.24, 2.45) is 11.3 Å². The van der Waals surface area contributed by atoms with Crippen LogP contribution < -0.4 is 0 Å². The third kappa shape index (κ3) is 3.82. The Balaban J connectivity index is 2.33. The molecule has 0 atom stereocenters. The Morgan fingerprint density at radius 3 is 2.44 bits per heavy atom. The average molecular weight is 224 g/mol. The second kappa shape index (κ2) is 5.31. The van der Waals surface area contributed by atoms with Gasteiger partial charge in [0, 0.05) is 19.5 Å². The zero-order valence-electron chi connectivity index (χ0n) is 10.3. The van der Waals surface area contributed by atoms with Gasteiger partial charge in [0.05, 0.1) is 11.5 Å². The first-order valence-electron chi connectivity index (χ1n) is 5.78. The highest BCUT2D eigenvalue weighted by Gasteiger charge is 2.28. The molecule has 0 aliphatic carbocycles. The summed E-state index contributed by atoms with van der Waals surface area (Å²) in [6.07, 6.45) is 2.48. The van der Waals surface area contributed by atoms with E-state index in [0.29, 0.717) is 12.3 Å². The normalized spacial score (nSPS) is 19.1. The standard InChI is InChI=1S/C12H20N2O2/c1-12(2,3)11(15)16-14-8-5-10(4-7-13)6-9-14/h10H,4-6,8-9H2,1-3H3. The van der Waals surface area contributed by atoms with Crippen molar-refractivity contribution in [3.8, 4) is 6.07 Å². The van der Waals surface area contributed by atoms with Gasteiger partial charge < -0.3 is 4.84 Å². The summed E-state index contributed by atoms with van der Waals surface area (Å²) in [6, 6.07) is 2.19. The van der Waals surface area contributed by atoms with Gasteiger partial charge in [0.15, 0.2) is 0 Å². The minimum absolute atomic E-state index is 0.189. The van der Waals surface area contributed by atoms with Crippen molar-refractivity contribution in [2.45, 2.75) is 40.0 Å². The zero-order chi connectivity index (χ0) is 12.2. The quantitative estimate of drug-likeness (QED) is 0.721. The third-order valence-corrected chi connectivity index (χ3v) is 2.78. The molecule has 0 spiro atoms. The van der Waals surface area contributed by atoms with Crippen molar-refractivity contribution >= 4 is 5.97 Å². The van der Waals surface area contributed by atoms with E-state index in [1.54, 1.807) is 5.06 Å². The number of hydrogen-bond donors (Lipinski definition) is 0. The average Bonchev–Trinajstić information content (AvgIpc) is 2.20. The van der Waals surface area contributed by atoms with E-state index in [1.807, 2.05) is 20.8 Å². The number of carbonyl (C=O) groups is 1. The van der Waals surface area contributed by atoms with Crippen LogP contribution in [0.4, 0.5) is 0 Å². The summed E-state index contributed by atoms with van der Waals surface area (Å²) in [6.45, 7) is 7.02. The van der Waals surface area contributed by atoms with Crippen molar-refractivity contribution < 1.29 is 9.63 Å². The van der Waals surface area contributed by atoms with Gasteiger partial charge in [-0.25, -0.2) is 4.79 Å². The molecule has 4 heteroatoms. The first kappa shape index (κ1) is 13.0. The zero-order valence-corrected chi connectivity index (χ0v) is 10.3. The van der Waals surface area contributed by atoms with E-state index in [4.69, 9.17) is 10.1 Å². The highest BCUT2D eigenvalue weighted by Crippen LogP contribution is 2.22. The third-order valence-electron chi connectivity index (χ3n) is 2.78. The molecule has 1 saturated heterocycles. The minimum Gasteiger partial charge on any atom is -0.367 e. The van der Waals surface area contributed by atoms with E-state index in [9.17, 15) is 4.79 Å². The number of hydroxylamine groups is 2. The Bertz CT molecular complexity index is 280. The van der Waals surface area contributed by atoms with Crippen molar-refractivity contribution in [2.75, 3.05) is 13.1 Å². The molecule has 4 nitrogen and oxygen atoms in total. The van der Waals surface area contributed by atoms with Crippen LogP contribution in [0.25, 0.3) is 0 Å². The molecule has 0 radical (unpaired) electrons. The molecule has 0 amide bonds. The van der Waals surface area contributed by atoms with Gasteiger partial charge in [-0.3, -0.25) is 0 Å². The number of piperidine rings is 1. The predicted octanol–water partition coefficient (Wildman–Crippen LogP) is 2.12. The summed E-state index contributed by atoms with van der Waals surface area (Å²) < 4.78 is 0. The molecule has 0 aromatic heterocycles. The molecule has 1 fully saturated rings. The van der Waals surface area contributed by atoms with E-state index in [2.05, 4.69) is 6.07 Å². The number of nitrogens with zero attached hydrogens (tertiary/aromatic N) is 2. The Morgan fingerprint density at radius 2 is 2.00 bits per heavy atom. The van der Waals surface area contributed by atoms with E-state index in [1.165, 1.54) is 0 Å². The number of carbonyl (C=O) groups excluding carboxylic acids is 1. The van der Waals surface area contributed by atoms with Gasteiger partial charge >= 0.3 is 5.97 Å². The Hall–Kier alpha value is -1.08. The second-order valence-electron chi connectivity index (χ2n) is 5.36. The smallest absolute Gasteiger partial charge is 0.330 e. The lowest BCUT2D eigenvalue weighted by molar-refractivity contribution is -0.205. The topological polar surface area (TPSA) is 53.3 Å². The lowest BCUT2D eigenvalue weighted by atomic mass is 9.95. The predicted molar refractivity (Wildman–Crippen MR) is 60.1 cm³/mol. The number of rotatable bonds is 2. The largest absolute Gasteiger partial charge is 0.367 e. The maximum atomic E-state index is 11.6. The fraction of sp³-hybridized carbons (Fsp3) is 0.833. The molecule has 0 saturated carbocycles. The van der Waals surface area contributed by atoms with E-state index < -0.39 is 5.41 Å². The molecular weight excluding hydrogens is 204 g/mol. The van der Waals surface area contributed by atoms with Crippen LogP contribution in [0.15, 0.2) is 0 Å². The highest BCUT2D eigenvalue weighted by molar-refractivity contribution is 5.75. The Labute approximate surface area is 97.1 Å². The minimum atomic E-state index is -0.455. The van der Waals surface area contributed by atoms with Crippen molar-refractivity contribution in [1.82, 2.24) is 5.06 Å². The molecule has 0 aromatic rings. The van der Waals surface area contributed by atoms with Crippen LogP contribution in [0.2, 0.25) is 0 Å². The molecule has 0 unspecified atom stereocenters. The van der Waals surface area contributed by atoms with Gasteiger partial charge in [-0.1, -0.05) is 0 Å². The first-order valence-corrected chi connectivity index (χ1v) is 5.78. The fourth-order valence-electron chi connectivity index (χ4n) is 1.59. The molecular formula is C12H20N2O2. The Morgan fingerprint density at radius 1 is 1.44 bits per heavy atom. The Kier molecular flexibility index (Phi) is 4.31. The summed E-state index contributed by atoms with van der Waals surface area (Å²) in [4.78, 5) is 16.9. The van der Waals surface area contributed by atoms with Crippen LogP contribution in [-0.4, -0.2) is 24.1 Å². The van der Waals surface area contributed by atoms with Gasteiger partial charge in [-0.15, -0.1) is 5.06 Å². The van der Waals surface area contributed by atoms with Gasteiger partial charge in [0.1, 0.15) is 0 Å². The van der Waals surface area contributed by atoms with Crippen LogP contribution in [0, 0.1) is 22.7 Å². The SMILES string of the molecule is CC(C)(C)C(=O)ON1CCC(CC#N)CC1. The molecule has 90 valence electrons. The maximum absolute atomic E-state index is 11.6. The molecule has 1 aliphatic rings. The summed E-state index contributed by atoms with van der Waals surface area (Å²) in [5.41, 5.74) is -0.455. The molecule has 0 N–H and O–H groups in total. The number of hydrogen-bond acceptors (Lipinski definition) is 4. The molecule has 0 bridgehead atoms. The first-order chi connectivity index (χ1) is 7.43. The van der Waals surface area contributed by atoms with Crippen LogP contribution in [-0.2, 0) is 9.63 Å². The summed E-state index contributed by atoms with van der Waals surface area (Å²) in [5, 5.41) is 10.3. The van der Waals surface area contributed by atoms with Crippen LogP contribution >= 0.6 is 0 Å².